The number of nitrogens with zero attached hydrogens (tertiary/aromatic N) is 3. The van der Waals surface area contributed by atoms with Crippen LogP contribution in [-0.2, 0) is 4.74 Å². The molecule has 0 N–H and O–H groups in total. The van der Waals surface area contributed by atoms with Crippen molar-refractivity contribution in [1.29, 1.82) is 0 Å². The van der Waals surface area contributed by atoms with E-state index in [0.29, 0.717) is 11.1 Å². The molecule has 0 bridgehead atoms. The largest absolute Gasteiger partial charge is 0.465 e. The molecule has 1 saturated heterocycles. The van der Waals surface area contributed by atoms with Crippen LogP contribution in [-0.4, -0.2) is 46.5 Å². The standard InChI is InChI=1S/C21H21N3O3/c1-27-21(26)15-5-7-18(8-6-15)24-12-9-16-13-17(14-22-19(16)24)20(25)23-10-3-2-4-11-23/h5-9,12-14H,2-4,10-11H2,1H3. The minimum Gasteiger partial charge on any atom is -0.465 e. The monoisotopic (exact) mass is 363 g/mol. The van der Waals surface area contributed by atoms with Gasteiger partial charge in [0.1, 0.15) is 5.65 Å². The summed E-state index contributed by atoms with van der Waals surface area (Å²) in [5, 5.41) is 0.912. The molecule has 0 saturated carbocycles. The van der Waals surface area contributed by atoms with Crippen molar-refractivity contribution in [2.75, 3.05) is 20.2 Å². The molecule has 0 spiro atoms. The van der Waals surface area contributed by atoms with Gasteiger partial charge in [-0.2, -0.15) is 0 Å². The number of fused-ring (bicyclic) bond motifs is 1. The third-order valence-electron chi connectivity index (χ3n) is 4.98. The number of hydrogen-bond acceptors (Lipinski definition) is 4. The highest BCUT2D eigenvalue weighted by molar-refractivity contribution is 5.97. The molecule has 3 aromatic rings. The number of hydrogen-bond donors (Lipinski definition) is 0. The third-order valence-corrected chi connectivity index (χ3v) is 4.98. The van der Waals surface area contributed by atoms with Crippen molar-refractivity contribution in [2.24, 2.45) is 0 Å². The molecule has 2 aromatic heterocycles. The van der Waals surface area contributed by atoms with Crippen LogP contribution in [0, 0.1) is 0 Å². The fourth-order valence-corrected chi connectivity index (χ4v) is 3.50. The summed E-state index contributed by atoms with van der Waals surface area (Å²) in [6.07, 6.45) is 6.90. The SMILES string of the molecule is COC(=O)c1ccc(-n2ccc3cc(C(=O)N4CCCCC4)cnc32)cc1. The Labute approximate surface area is 157 Å². The normalized spacial score (nSPS) is 14.3. The zero-order valence-electron chi connectivity index (χ0n) is 15.2. The van der Waals surface area contributed by atoms with Gasteiger partial charge in [-0.3, -0.25) is 4.79 Å². The van der Waals surface area contributed by atoms with Crippen LogP contribution in [0.3, 0.4) is 0 Å². The van der Waals surface area contributed by atoms with Gasteiger partial charge in [0.15, 0.2) is 0 Å². The molecule has 1 fully saturated rings. The molecule has 0 atom stereocenters. The van der Waals surface area contributed by atoms with E-state index in [1.807, 2.05) is 39.9 Å². The van der Waals surface area contributed by atoms with Gasteiger partial charge in [-0.25, -0.2) is 9.78 Å². The predicted octanol–water partition coefficient (Wildman–Crippen LogP) is 3.44. The number of aromatic nitrogens is 2. The van der Waals surface area contributed by atoms with Gasteiger partial charge in [-0.15, -0.1) is 0 Å². The van der Waals surface area contributed by atoms with E-state index in [0.717, 1.165) is 42.7 Å². The van der Waals surface area contributed by atoms with Crippen LogP contribution in [0.2, 0.25) is 0 Å². The number of amides is 1. The highest BCUT2D eigenvalue weighted by atomic mass is 16.5. The molecule has 27 heavy (non-hydrogen) atoms. The van der Waals surface area contributed by atoms with Gasteiger partial charge in [0.2, 0.25) is 0 Å². The molecule has 3 heterocycles. The molecule has 1 aliphatic heterocycles. The van der Waals surface area contributed by atoms with E-state index in [9.17, 15) is 9.59 Å². The first-order valence-corrected chi connectivity index (χ1v) is 9.12. The van der Waals surface area contributed by atoms with Crippen molar-refractivity contribution < 1.29 is 14.3 Å². The van der Waals surface area contributed by atoms with Gasteiger partial charge < -0.3 is 14.2 Å². The number of rotatable bonds is 3. The highest BCUT2D eigenvalue weighted by Gasteiger charge is 2.19. The first kappa shape index (κ1) is 17.3. The molecule has 6 heteroatoms. The molecule has 1 amide bonds. The zero-order chi connectivity index (χ0) is 18.8. The number of carbonyl (C=O) groups excluding carboxylic acids is 2. The van der Waals surface area contributed by atoms with E-state index in [2.05, 4.69) is 4.98 Å². The summed E-state index contributed by atoms with van der Waals surface area (Å²) in [4.78, 5) is 30.7. The van der Waals surface area contributed by atoms with Crippen LogP contribution in [0.1, 0.15) is 40.0 Å². The molecular formula is C21H21N3O3. The quantitative estimate of drug-likeness (QED) is 0.669. The number of piperidine rings is 1. The lowest BCUT2D eigenvalue weighted by Crippen LogP contribution is -2.35. The Bertz CT molecular complexity index is 986. The van der Waals surface area contributed by atoms with Crippen molar-refractivity contribution >= 4 is 22.9 Å². The first-order valence-electron chi connectivity index (χ1n) is 9.12. The van der Waals surface area contributed by atoms with Crippen molar-refractivity contribution in [2.45, 2.75) is 19.3 Å². The Morgan fingerprint density at radius 1 is 1.00 bits per heavy atom. The maximum absolute atomic E-state index is 12.7. The maximum Gasteiger partial charge on any atom is 0.337 e. The predicted molar refractivity (Wildman–Crippen MR) is 102 cm³/mol. The minimum atomic E-state index is -0.363. The van der Waals surface area contributed by atoms with Gasteiger partial charge in [0, 0.05) is 36.6 Å². The van der Waals surface area contributed by atoms with Crippen LogP contribution in [0.4, 0.5) is 0 Å². The van der Waals surface area contributed by atoms with E-state index in [1.165, 1.54) is 13.5 Å². The first-order chi connectivity index (χ1) is 13.2. The van der Waals surface area contributed by atoms with Crippen molar-refractivity contribution in [3.8, 4) is 5.69 Å². The number of carbonyl (C=O) groups is 2. The Hall–Kier alpha value is -3.15. The van der Waals surface area contributed by atoms with Crippen molar-refractivity contribution in [3.05, 3.63) is 59.9 Å². The summed E-state index contributed by atoms with van der Waals surface area (Å²) >= 11 is 0. The summed E-state index contributed by atoms with van der Waals surface area (Å²) in [6, 6.07) is 11.0. The fraction of sp³-hybridized carbons (Fsp3) is 0.286. The number of likely N-dealkylation sites (tertiary alicyclic amines) is 1. The number of pyridine rings is 1. The minimum absolute atomic E-state index is 0.0549. The average Bonchev–Trinajstić information content (AvgIpc) is 3.16. The highest BCUT2D eigenvalue weighted by Crippen LogP contribution is 2.21. The fourth-order valence-electron chi connectivity index (χ4n) is 3.50. The molecule has 6 nitrogen and oxygen atoms in total. The number of esters is 1. The topological polar surface area (TPSA) is 64.4 Å². The van der Waals surface area contributed by atoms with Gasteiger partial charge in [0.05, 0.1) is 18.2 Å². The molecule has 0 radical (unpaired) electrons. The van der Waals surface area contributed by atoms with Crippen LogP contribution in [0.15, 0.2) is 48.8 Å². The summed E-state index contributed by atoms with van der Waals surface area (Å²) in [5.74, 6) is -0.308. The Balaban J connectivity index is 1.62. The van der Waals surface area contributed by atoms with Crippen molar-refractivity contribution in [1.82, 2.24) is 14.5 Å². The number of ether oxygens (including phenoxy) is 1. The van der Waals surface area contributed by atoms with Gasteiger partial charge in [-0.05, 0) is 55.7 Å². The van der Waals surface area contributed by atoms with Crippen LogP contribution < -0.4 is 0 Å². The van der Waals surface area contributed by atoms with Gasteiger partial charge >= 0.3 is 5.97 Å². The third kappa shape index (κ3) is 3.30. The van der Waals surface area contributed by atoms with Crippen LogP contribution >= 0.6 is 0 Å². The summed E-state index contributed by atoms with van der Waals surface area (Å²) < 4.78 is 6.66. The van der Waals surface area contributed by atoms with Crippen LogP contribution in [0.25, 0.3) is 16.7 Å². The Kier molecular flexibility index (Phi) is 4.62. The molecule has 0 unspecified atom stereocenters. The Morgan fingerprint density at radius 2 is 1.74 bits per heavy atom. The zero-order valence-corrected chi connectivity index (χ0v) is 15.2. The molecule has 1 aromatic carbocycles. The van der Waals surface area contributed by atoms with E-state index >= 15 is 0 Å². The molecular weight excluding hydrogens is 342 g/mol. The van der Waals surface area contributed by atoms with Crippen molar-refractivity contribution in [3.63, 3.8) is 0 Å². The summed E-state index contributed by atoms with van der Waals surface area (Å²) in [7, 11) is 1.36. The van der Waals surface area contributed by atoms with E-state index < -0.39 is 0 Å². The van der Waals surface area contributed by atoms with Gasteiger partial charge in [-0.1, -0.05) is 0 Å². The summed E-state index contributed by atoms with van der Waals surface area (Å²) in [6.45, 7) is 1.65. The number of benzene rings is 1. The maximum atomic E-state index is 12.7. The molecule has 138 valence electrons. The molecule has 0 aliphatic carbocycles. The second kappa shape index (κ2) is 7.23. The van der Waals surface area contributed by atoms with E-state index in [1.54, 1.807) is 18.3 Å². The lowest BCUT2D eigenvalue weighted by atomic mass is 10.1. The molecule has 4 rings (SSSR count). The summed E-state index contributed by atoms with van der Waals surface area (Å²) in [5.41, 5.74) is 2.79. The van der Waals surface area contributed by atoms with Gasteiger partial charge in [0.25, 0.3) is 5.91 Å². The van der Waals surface area contributed by atoms with E-state index in [4.69, 9.17) is 4.74 Å². The molecule has 1 aliphatic rings. The number of methoxy groups -OCH3 is 1. The van der Waals surface area contributed by atoms with E-state index in [-0.39, 0.29) is 11.9 Å². The Morgan fingerprint density at radius 3 is 2.44 bits per heavy atom. The second-order valence-corrected chi connectivity index (χ2v) is 6.71. The lowest BCUT2D eigenvalue weighted by molar-refractivity contribution is 0.0600. The van der Waals surface area contributed by atoms with Crippen LogP contribution in [0.5, 0.6) is 0 Å². The average molecular weight is 363 g/mol. The second-order valence-electron chi connectivity index (χ2n) is 6.71. The lowest BCUT2D eigenvalue weighted by Gasteiger charge is -2.26. The smallest absolute Gasteiger partial charge is 0.337 e.